The van der Waals surface area contributed by atoms with Gasteiger partial charge in [0.1, 0.15) is 0 Å². The van der Waals surface area contributed by atoms with Crippen LogP contribution < -0.4 is 5.32 Å². The second kappa shape index (κ2) is 9.04. The van der Waals surface area contributed by atoms with Crippen LogP contribution in [-0.4, -0.2) is 46.1 Å². The van der Waals surface area contributed by atoms with Crippen molar-refractivity contribution in [2.75, 3.05) is 13.1 Å². The summed E-state index contributed by atoms with van der Waals surface area (Å²) in [6.45, 7) is 1.71. The average Bonchev–Trinajstić information content (AvgIpc) is 3.22. The molecule has 0 aliphatic carbocycles. The van der Waals surface area contributed by atoms with Gasteiger partial charge in [0.15, 0.2) is 0 Å². The Kier molecular flexibility index (Phi) is 6.73. The van der Waals surface area contributed by atoms with E-state index in [2.05, 4.69) is 15.5 Å². The van der Waals surface area contributed by atoms with Gasteiger partial charge in [0.05, 0.1) is 0 Å². The molecule has 0 saturated carbocycles. The molecule has 0 spiro atoms. The highest BCUT2D eigenvalue weighted by Gasteiger charge is 2.30. The van der Waals surface area contributed by atoms with Crippen LogP contribution in [0.4, 0.5) is 0 Å². The van der Waals surface area contributed by atoms with Crippen molar-refractivity contribution in [2.45, 2.75) is 50.6 Å². The summed E-state index contributed by atoms with van der Waals surface area (Å²) in [5, 5.41) is 8.29. The summed E-state index contributed by atoms with van der Waals surface area (Å²) in [6.07, 6.45) is 5.36. The number of carbonyl (C=O) groups excluding carboxylic acids is 1. The summed E-state index contributed by atoms with van der Waals surface area (Å²) >= 11 is 5.89. The molecule has 6 nitrogen and oxygen atoms in total. The zero-order chi connectivity index (χ0) is 17.9. The van der Waals surface area contributed by atoms with Crippen LogP contribution >= 0.6 is 24.0 Å². The van der Waals surface area contributed by atoms with E-state index in [1.807, 2.05) is 17.0 Å². The summed E-state index contributed by atoms with van der Waals surface area (Å²) in [5.41, 5.74) is 0.868. The molecule has 2 aliphatic rings. The summed E-state index contributed by atoms with van der Waals surface area (Å²) in [5.74, 6) is 1.36. The van der Waals surface area contributed by atoms with E-state index < -0.39 is 0 Å². The van der Waals surface area contributed by atoms with Crippen molar-refractivity contribution in [3.05, 3.63) is 35.2 Å². The van der Waals surface area contributed by atoms with E-state index in [1.165, 1.54) is 12.8 Å². The Morgan fingerprint density at radius 3 is 2.81 bits per heavy atom. The lowest BCUT2D eigenvalue weighted by Gasteiger charge is -2.24. The van der Waals surface area contributed by atoms with Gasteiger partial charge in [-0.25, -0.2) is 0 Å². The van der Waals surface area contributed by atoms with Gasteiger partial charge in [-0.05, 0) is 49.9 Å². The smallest absolute Gasteiger partial charge is 0.226 e. The van der Waals surface area contributed by atoms with Gasteiger partial charge in [-0.3, -0.25) is 4.79 Å². The molecule has 8 heteroatoms. The van der Waals surface area contributed by atoms with E-state index in [0.29, 0.717) is 41.7 Å². The number of amides is 1. The summed E-state index contributed by atoms with van der Waals surface area (Å²) in [6, 6.07) is 8.40. The lowest BCUT2D eigenvalue weighted by atomic mass is 10.1. The second-order valence-electron chi connectivity index (χ2n) is 7.14. The minimum Gasteiger partial charge on any atom is -0.341 e. The van der Waals surface area contributed by atoms with Gasteiger partial charge in [0.25, 0.3) is 0 Å². The van der Waals surface area contributed by atoms with Crippen LogP contribution in [0.25, 0.3) is 11.4 Å². The number of hydrogen-bond donors (Lipinski definition) is 1. The Hall–Kier alpha value is -1.63. The number of likely N-dealkylation sites (tertiary alicyclic amines) is 1. The van der Waals surface area contributed by atoms with E-state index in [-0.39, 0.29) is 18.3 Å². The highest BCUT2D eigenvalue weighted by molar-refractivity contribution is 6.30. The molecule has 1 aromatic heterocycles. The third kappa shape index (κ3) is 5.00. The van der Waals surface area contributed by atoms with Crippen molar-refractivity contribution in [2.24, 2.45) is 0 Å². The van der Waals surface area contributed by atoms with Crippen molar-refractivity contribution < 1.29 is 9.32 Å². The number of nitrogens with one attached hydrogen (secondary N) is 1. The minimum absolute atomic E-state index is 0. The van der Waals surface area contributed by atoms with Gasteiger partial charge in [-0.2, -0.15) is 4.98 Å². The van der Waals surface area contributed by atoms with Crippen molar-refractivity contribution >= 4 is 29.9 Å². The Labute approximate surface area is 170 Å². The van der Waals surface area contributed by atoms with Crippen molar-refractivity contribution in [3.63, 3.8) is 0 Å². The van der Waals surface area contributed by atoms with Crippen LogP contribution in [0.5, 0.6) is 0 Å². The molecule has 0 radical (unpaired) electrons. The summed E-state index contributed by atoms with van der Waals surface area (Å²) in [7, 11) is 0. The quantitative estimate of drug-likeness (QED) is 0.816. The maximum atomic E-state index is 12.5. The average molecular weight is 411 g/mol. The van der Waals surface area contributed by atoms with Crippen molar-refractivity contribution in [3.8, 4) is 11.4 Å². The molecule has 1 aromatic carbocycles. The van der Waals surface area contributed by atoms with Crippen LogP contribution in [0.1, 0.15) is 38.0 Å². The normalized spacial score (nSPS) is 21.6. The van der Waals surface area contributed by atoms with Crippen LogP contribution in [0.2, 0.25) is 5.02 Å². The summed E-state index contributed by atoms with van der Waals surface area (Å²) < 4.78 is 5.31. The molecule has 2 unspecified atom stereocenters. The molecule has 1 N–H and O–H groups in total. The number of hydrogen-bond acceptors (Lipinski definition) is 5. The maximum Gasteiger partial charge on any atom is 0.226 e. The van der Waals surface area contributed by atoms with E-state index in [0.717, 1.165) is 31.5 Å². The molecule has 2 aromatic rings. The fraction of sp³-hybridized carbons (Fsp3) is 0.526. The van der Waals surface area contributed by atoms with Crippen LogP contribution in [0, 0.1) is 0 Å². The number of rotatable bonds is 5. The van der Waals surface area contributed by atoms with Crippen molar-refractivity contribution in [1.29, 1.82) is 0 Å². The van der Waals surface area contributed by atoms with Crippen LogP contribution in [-0.2, 0) is 11.2 Å². The van der Waals surface area contributed by atoms with Gasteiger partial charge in [-0.1, -0.05) is 16.8 Å². The number of nitrogens with zero attached hydrogens (tertiary/aromatic N) is 3. The Morgan fingerprint density at radius 1 is 1.22 bits per heavy atom. The lowest BCUT2D eigenvalue weighted by Crippen LogP contribution is -2.38. The third-order valence-electron chi connectivity index (χ3n) is 5.23. The molecule has 3 heterocycles. The Bertz CT molecular complexity index is 765. The van der Waals surface area contributed by atoms with Gasteiger partial charge in [0, 0.05) is 48.6 Å². The van der Waals surface area contributed by atoms with E-state index in [1.54, 1.807) is 12.1 Å². The highest BCUT2D eigenvalue weighted by Crippen LogP contribution is 2.22. The maximum absolute atomic E-state index is 12.5. The first-order valence-corrected chi connectivity index (χ1v) is 9.67. The number of fused-ring (bicyclic) bond motifs is 2. The van der Waals surface area contributed by atoms with Gasteiger partial charge in [-0.15, -0.1) is 12.4 Å². The first kappa shape index (κ1) is 20.1. The number of halogens is 2. The Balaban J connectivity index is 0.00000210. The molecule has 146 valence electrons. The molecule has 2 aliphatic heterocycles. The predicted octanol–water partition coefficient (Wildman–Crippen LogP) is 3.49. The largest absolute Gasteiger partial charge is 0.341 e. The van der Waals surface area contributed by atoms with E-state index in [9.17, 15) is 4.79 Å². The lowest BCUT2D eigenvalue weighted by molar-refractivity contribution is -0.131. The number of aromatic nitrogens is 2. The highest BCUT2D eigenvalue weighted by atomic mass is 35.5. The topological polar surface area (TPSA) is 71.3 Å². The zero-order valence-corrected chi connectivity index (χ0v) is 16.6. The SMILES string of the molecule is Cl.O=C(CCCc1nc(-c2ccc(Cl)cc2)no1)N1CCC2CCC(C1)N2. The fourth-order valence-corrected chi connectivity index (χ4v) is 3.92. The van der Waals surface area contributed by atoms with Crippen LogP contribution in [0.15, 0.2) is 28.8 Å². The molecule has 2 bridgehead atoms. The first-order chi connectivity index (χ1) is 12.7. The molecule has 2 saturated heterocycles. The van der Waals surface area contributed by atoms with Crippen molar-refractivity contribution in [1.82, 2.24) is 20.4 Å². The van der Waals surface area contributed by atoms with Crippen LogP contribution in [0.3, 0.4) is 0 Å². The first-order valence-electron chi connectivity index (χ1n) is 9.30. The number of carbonyl (C=O) groups is 1. The van der Waals surface area contributed by atoms with Gasteiger partial charge < -0.3 is 14.7 Å². The minimum atomic E-state index is 0. The van der Waals surface area contributed by atoms with E-state index in [4.69, 9.17) is 16.1 Å². The molecule has 2 atom stereocenters. The fourth-order valence-electron chi connectivity index (χ4n) is 3.79. The monoisotopic (exact) mass is 410 g/mol. The molecule has 1 amide bonds. The molecule has 2 fully saturated rings. The molecule has 27 heavy (non-hydrogen) atoms. The molecular weight excluding hydrogens is 387 g/mol. The molecular formula is C19H24Cl2N4O2. The number of aryl methyl sites for hydroxylation is 1. The second-order valence-corrected chi connectivity index (χ2v) is 7.57. The van der Waals surface area contributed by atoms with Gasteiger partial charge in [0.2, 0.25) is 17.6 Å². The summed E-state index contributed by atoms with van der Waals surface area (Å²) in [4.78, 5) is 18.9. The molecule has 4 rings (SSSR count). The Morgan fingerprint density at radius 2 is 2.00 bits per heavy atom. The standard InChI is InChI=1S/C19H23ClN4O2.ClH/c20-14-6-4-13(5-7-14)19-22-17(26-23-19)2-1-3-18(25)24-11-10-15-8-9-16(12-24)21-15;/h4-7,15-16,21H,1-3,8-12H2;1H. The third-order valence-corrected chi connectivity index (χ3v) is 5.48. The van der Waals surface area contributed by atoms with Gasteiger partial charge >= 0.3 is 0 Å². The van der Waals surface area contributed by atoms with E-state index >= 15 is 0 Å². The number of benzene rings is 1. The zero-order valence-electron chi connectivity index (χ0n) is 15.1. The predicted molar refractivity (Wildman–Crippen MR) is 106 cm³/mol.